The summed E-state index contributed by atoms with van der Waals surface area (Å²) >= 11 is 0. The van der Waals surface area contributed by atoms with Crippen molar-refractivity contribution in [2.24, 2.45) is 5.73 Å². The second-order valence-electron chi connectivity index (χ2n) is 2.15. The second kappa shape index (κ2) is 11.6. The van der Waals surface area contributed by atoms with E-state index in [4.69, 9.17) is 5.11 Å². The number of ether oxygens (including phenoxy) is 1. The van der Waals surface area contributed by atoms with Gasteiger partial charge in [-0.2, -0.15) is 0 Å². The molecular weight excluding hydrogens is 232 g/mol. The summed E-state index contributed by atoms with van der Waals surface area (Å²) in [6, 6.07) is 0. The van der Waals surface area contributed by atoms with Crippen molar-refractivity contribution in [1.29, 1.82) is 0 Å². The van der Waals surface area contributed by atoms with Crippen molar-refractivity contribution >= 4 is 12.1 Å². The van der Waals surface area contributed by atoms with E-state index in [0.717, 1.165) is 6.08 Å². The van der Waals surface area contributed by atoms with Gasteiger partial charge in [0, 0.05) is 12.3 Å². The lowest BCUT2D eigenvalue weighted by atomic mass is 10.7. The van der Waals surface area contributed by atoms with Crippen LogP contribution in [0.1, 0.15) is 6.92 Å². The van der Waals surface area contributed by atoms with E-state index >= 15 is 0 Å². The molecule has 1 rings (SSSR count). The maximum Gasteiger partial charge on any atom is 0.416 e. The summed E-state index contributed by atoms with van der Waals surface area (Å²) in [5.74, 6) is -1.39. The van der Waals surface area contributed by atoms with E-state index in [1.165, 1.54) is 12.5 Å². The Morgan fingerprint density at radius 2 is 2.24 bits per heavy atom. The molecule has 0 aliphatic rings. The fourth-order valence-corrected chi connectivity index (χ4v) is 0.374. The monoisotopic (exact) mass is 246 g/mol. The first kappa shape index (κ1) is 16.9. The van der Waals surface area contributed by atoms with E-state index in [1.54, 1.807) is 6.92 Å². The van der Waals surface area contributed by atoms with Gasteiger partial charge < -0.3 is 20.0 Å². The summed E-state index contributed by atoms with van der Waals surface area (Å²) in [6.45, 7) is 5.02. The van der Waals surface area contributed by atoms with Crippen molar-refractivity contribution in [3.8, 4) is 0 Å². The topological polar surface area (TPSA) is 136 Å². The average molecular weight is 246 g/mol. The van der Waals surface area contributed by atoms with E-state index in [2.05, 4.69) is 26.5 Å². The third-order valence-corrected chi connectivity index (χ3v) is 0.906. The zero-order chi connectivity index (χ0) is 13.7. The molecule has 8 nitrogen and oxygen atoms in total. The first-order chi connectivity index (χ1) is 7.93. The minimum Gasteiger partial charge on any atom is -0.478 e. The predicted molar refractivity (Wildman–Crippen MR) is 58.4 cm³/mol. The molecule has 96 valence electrons. The highest BCUT2D eigenvalue weighted by atomic mass is 16.5. The number of H-pyrrole nitrogens is 1. The third-order valence-electron chi connectivity index (χ3n) is 0.906. The number of amides is 1. The number of nitrogens with two attached hydrogens (primary N) is 1. The van der Waals surface area contributed by atoms with Crippen LogP contribution < -0.4 is 11.5 Å². The molecule has 0 bridgehead atoms. The molecule has 0 aliphatic carbocycles. The molecule has 4 N–H and O–H groups in total. The predicted octanol–water partition coefficient (Wildman–Crippen LogP) is 0.327. The quantitative estimate of drug-likeness (QED) is 0.643. The Balaban J connectivity index is 0. The molecule has 17 heavy (non-hydrogen) atoms. The van der Waals surface area contributed by atoms with Gasteiger partial charge in [0.05, 0.1) is 6.61 Å². The minimum absolute atomic E-state index is 0.356. The largest absolute Gasteiger partial charge is 0.478 e. The number of carboxylic acids is 1. The molecule has 1 aromatic heterocycles. The summed E-state index contributed by atoms with van der Waals surface area (Å²) in [5, 5.41) is 7.60. The first-order valence-corrected chi connectivity index (χ1v) is 4.33. The van der Waals surface area contributed by atoms with Crippen LogP contribution in [0.5, 0.6) is 0 Å². The van der Waals surface area contributed by atoms with Crippen molar-refractivity contribution < 1.29 is 23.8 Å². The number of hydrogen-bond acceptors (Lipinski definition) is 5. The van der Waals surface area contributed by atoms with Gasteiger partial charge in [-0.15, -0.1) is 0 Å². The Kier molecular flexibility index (Phi) is 11.5. The summed E-state index contributed by atoms with van der Waals surface area (Å²) in [6.07, 6.45) is 2.85. The molecule has 0 fully saturated rings. The number of primary amides is 1. The fourth-order valence-electron chi connectivity index (χ4n) is 0.374. The van der Waals surface area contributed by atoms with E-state index in [0.29, 0.717) is 6.61 Å². The number of carboxylic acid groups (broad SMARTS) is 1. The Hall–Kier alpha value is -2.51. The number of carbonyl (C=O) groups is 2. The van der Waals surface area contributed by atoms with Crippen molar-refractivity contribution in [1.82, 2.24) is 4.98 Å². The molecule has 1 amide bonds. The number of carbonyl (C=O) groups excluding carboxylic acids is 1. The summed E-state index contributed by atoms with van der Waals surface area (Å²) in [7, 11) is 0. The highest BCUT2D eigenvalue weighted by molar-refractivity contribution is 5.78. The van der Waals surface area contributed by atoms with E-state index in [9.17, 15) is 14.4 Å². The van der Waals surface area contributed by atoms with Gasteiger partial charge in [-0.05, 0) is 6.92 Å². The molecule has 1 aromatic rings. The van der Waals surface area contributed by atoms with Gasteiger partial charge in [-0.25, -0.2) is 14.4 Å². The molecule has 0 spiro atoms. The fraction of sp³-hybridized carbons (Fsp3) is 0.222. The second-order valence-corrected chi connectivity index (χ2v) is 2.15. The van der Waals surface area contributed by atoms with Gasteiger partial charge >= 0.3 is 17.8 Å². The van der Waals surface area contributed by atoms with Gasteiger partial charge in [0.25, 0.3) is 0 Å². The summed E-state index contributed by atoms with van der Waals surface area (Å²) in [4.78, 5) is 31.0. The number of nitrogens with one attached hydrogen (secondary N) is 1. The highest BCUT2D eigenvalue weighted by Crippen LogP contribution is 1.66. The van der Waals surface area contributed by atoms with Crippen molar-refractivity contribution in [2.75, 3.05) is 6.61 Å². The van der Waals surface area contributed by atoms with Gasteiger partial charge in [0.1, 0.15) is 6.26 Å². The summed E-state index contributed by atoms with van der Waals surface area (Å²) < 4.78 is 8.40. The number of aliphatic carboxylic acids is 1. The molecule has 0 saturated carbocycles. The lowest BCUT2D eigenvalue weighted by Gasteiger charge is -1.89. The molecule has 1 heterocycles. The highest BCUT2D eigenvalue weighted by Gasteiger charge is 1.82. The third kappa shape index (κ3) is 19.8. The van der Waals surface area contributed by atoms with Crippen LogP contribution in [0.15, 0.2) is 34.3 Å². The van der Waals surface area contributed by atoms with Crippen LogP contribution in [0.3, 0.4) is 0 Å². The molecular formula is C9H14N2O6. The lowest BCUT2D eigenvalue weighted by Crippen LogP contribution is -2.11. The molecule has 0 radical (unpaired) electrons. The van der Waals surface area contributed by atoms with Crippen molar-refractivity contribution in [3.05, 3.63) is 35.7 Å². The first-order valence-electron chi connectivity index (χ1n) is 4.33. The molecule has 0 aliphatic heterocycles. The molecule has 0 atom stereocenters. The van der Waals surface area contributed by atoms with Crippen LogP contribution in [0.4, 0.5) is 4.79 Å². The van der Waals surface area contributed by atoms with Crippen molar-refractivity contribution in [2.45, 2.75) is 6.92 Å². The van der Waals surface area contributed by atoms with Crippen LogP contribution in [0, 0.1) is 0 Å². The van der Waals surface area contributed by atoms with Crippen molar-refractivity contribution in [3.63, 3.8) is 0 Å². The number of oxazole rings is 1. The van der Waals surface area contributed by atoms with Crippen LogP contribution in [-0.4, -0.2) is 28.8 Å². The summed E-state index contributed by atoms with van der Waals surface area (Å²) in [5.41, 5.74) is 4.54. The number of aromatic amines is 1. The Labute approximate surface area is 96.7 Å². The van der Waals surface area contributed by atoms with E-state index in [-0.39, 0.29) is 0 Å². The number of rotatable bonds is 2. The number of hydrogen-bond donors (Lipinski definition) is 3. The molecule has 0 saturated heterocycles. The Morgan fingerprint density at radius 3 is 2.29 bits per heavy atom. The average Bonchev–Trinajstić information content (AvgIpc) is 2.70. The van der Waals surface area contributed by atoms with Crippen LogP contribution in [0.25, 0.3) is 0 Å². The SMILES string of the molecule is C=CC(=O)O.CCOC(N)=O.O=c1[nH]cco1. The van der Waals surface area contributed by atoms with Gasteiger partial charge in [-0.1, -0.05) is 6.58 Å². The Morgan fingerprint density at radius 1 is 1.71 bits per heavy atom. The standard InChI is InChI=1S/C3H3NO2.C3H7NO2.C3H4O2/c5-3-4-1-2-6-3;1-2-6-3(4)5;1-2-3(4)5/h1-2H,(H,4,5);2H2,1H3,(H2,4,5);2H,1H2,(H,4,5). The van der Waals surface area contributed by atoms with Crippen LogP contribution in [-0.2, 0) is 9.53 Å². The van der Waals surface area contributed by atoms with Crippen LogP contribution in [0.2, 0.25) is 0 Å². The zero-order valence-corrected chi connectivity index (χ0v) is 9.21. The van der Waals surface area contributed by atoms with Gasteiger partial charge in [0.2, 0.25) is 0 Å². The van der Waals surface area contributed by atoms with Crippen LogP contribution >= 0.6 is 0 Å². The van der Waals surface area contributed by atoms with Gasteiger partial charge in [0.15, 0.2) is 0 Å². The smallest absolute Gasteiger partial charge is 0.416 e. The molecule has 8 heteroatoms. The number of aromatic nitrogens is 1. The minimum atomic E-state index is -0.981. The van der Waals surface area contributed by atoms with E-state index < -0.39 is 17.8 Å². The zero-order valence-electron chi connectivity index (χ0n) is 9.21. The van der Waals surface area contributed by atoms with Gasteiger partial charge in [-0.3, -0.25) is 4.98 Å². The molecule has 0 aromatic carbocycles. The van der Waals surface area contributed by atoms with E-state index in [1.807, 2.05) is 0 Å². The maximum absolute atomic E-state index is 9.85. The lowest BCUT2D eigenvalue weighted by molar-refractivity contribution is -0.131. The maximum atomic E-state index is 9.85. The molecule has 0 unspecified atom stereocenters. The normalized spacial score (nSPS) is 7.59. The Bertz CT molecular complexity index is 364.